The molecule has 0 aromatic heterocycles. The second kappa shape index (κ2) is 8.60. The summed E-state index contributed by atoms with van der Waals surface area (Å²) in [5.41, 5.74) is -1.22. The van der Waals surface area contributed by atoms with Crippen molar-refractivity contribution in [2.24, 2.45) is 0 Å². The molecular weight excluding hydrogens is 291 g/mol. The van der Waals surface area contributed by atoms with E-state index in [-0.39, 0.29) is 6.54 Å². The summed E-state index contributed by atoms with van der Waals surface area (Å²) in [5.74, 6) is 0. The van der Waals surface area contributed by atoms with Crippen LogP contribution in [-0.4, -0.2) is 42.6 Å². The summed E-state index contributed by atoms with van der Waals surface area (Å²) in [6.45, 7) is 9.82. The van der Waals surface area contributed by atoms with E-state index in [0.29, 0.717) is 0 Å². The average molecular weight is 318 g/mol. The Bertz CT molecular complexity index is 397. The van der Waals surface area contributed by atoms with Gasteiger partial charge in [-0.15, -0.1) is 0 Å². The highest BCUT2D eigenvalue weighted by atomic mass is 19.1. The van der Waals surface area contributed by atoms with Gasteiger partial charge in [-0.05, 0) is 41.5 Å². The van der Waals surface area contributed by atoms with Crippen molar-refractivity contribution >= 4 is 12.2 Å². The van der Waals surface area contributed by atoms with Crippen LogP contribution in [0.5, 0.6) is 0 Å². The van der Waals surface area contributed by atoms with E-state index in [9.17, 15) is 14.0 Å². The van der Waals surface area contributed by atoms with Crippen molar-refractivity contribution in [1.29, 1.82) is 0 Å². The van der Waals surface area contributed by atoms with E-state index in [4.69, 9.17) is 9.47 Å². The molecule has 2 amide bonds. The Morgan fingerprint density at radius 3 is 2.00 bits per heavy atom. The molecule has 0 saturated heterocycles. The van der Waals surface area contributed by atoms with Crippen molar-refractivity contribution in [3.63, 3.8) is 0 Å². The van der Waals surface area contributed by atoms with Gasteiger partial charge in [-0.2, -0.15) is 0 Å². The second-order valence-electron chi connectivity index (χ2n) is 6.72. The molecule has 128 valence electrons. The normalized spacial score (nSPS) is 13.6. The number of hydrogen-bond donors (Lipinski definition) is 2. The summed E-state index contributed by atoms with van der Waals surface area (Å²) in [6.07, 6.45) is 1.72. The molecule has 1 atom stereocenters. The molecule has 2 N–H and O–H groups in total. The summed E-state index contributed by atoms with van der Waals surface area (Å²) in [7, 11) is 0. The number of nitrogens with one attached hydrogen (secondary N) is 2. The van der Waals surface area contributed by atoms with Crippen LogP contribution >= 0.6 is 0 Å². The van der Waals surface area contributed by atoms with Gasteiger partial charge in [0.05, 0.1) is 6.04 Å². The first-order chi connectivity index (χ1) is 9.93. The number of alkyl halides is 1. The first kappa shape index (κ1) is 20.2. The number of rotatable bonds is 5. The van der Waals surface area contributed by atoms with Crippen molar-refractivity contribution in [3.05, 3.63) is 12.2 Å². The fourth-order valence-corrected chi connectivity index (χ4v) is 1.29. The zero-order valence-corrected chi connectivity index (χ0v) is 14.2. The van der Waals surface area contributed by atoms with Gasteiger partial charge in [0, 0.05) is 6.54 Å². The molecule has 0 aliphatic heterocycles. The number of carbonyl (C=O) groups is 2. The van der Waals surface area contributed by atoms with Crippen LogP contribution in [-0.2, 0) is 9.47 Å². The largest absolute Gasteiger partial charge is 0.444 e. The lowest BCUT2D eigenvalue weighted by Crippen LogP contribution is -2.39. The zero-order chi connectivity index (χ0) is 17.4. The Morgan fingerprint density at radius 2 is 1.55 bits per heavy atom. The fourth-order valence-electron chi connectivity index (χ4n) is 1.29. The molecule has 0 rings (SSSR count). The zero-order valence-electron chi connectivity index (χ0n) is 14.2. The SMILES string of the molecule is CC(C)(C)OC(=O)NC/C=C/C(CF)NC(=O)OC(C)(C)C. The van der Waals surface area contributed by atoms with E-state index in [0.717, 1.165) is 0 Å². The summed E-state index contributed by atoms with van der Waals surface area (Å²) in [5, 5.41) is 4.88. The minimum atomic E-state index is -0.810. The van der Waals surface area contributed by atoms with E-state index in [1.165, 1.54) is 12.2 Å². The van der Waals surface area contributed by atoms with Gasteiger partial charge in [-0.3, -0.25) is 0 Å². The van der Waals surface area contributed by atoms with E-state index < -0.39 is 36.1 Å². The number of hydrogen-bond acceptors (Lipinski definition) is 4. The molecule has 0 aliphatic carbocycles. The van der Waals surface area contributed by atoms with Crippen molar-refractivity contribution in [2.45, 2.75) is 58.8 Å². The monoisotopic (exact) mass is 318 g/mol. The van der Waals surface area contributed by atoms with Crippen LogP contribution in [0.3, 0.4) is 0 Å². The summed E-state index contributed by atoms with van der Waals surface area (Å²) in [4.78, 5) is 22.9. The molecule has 0 aromatic carbocycles. The van der Waals surface area contributed by atoms with Gasteiger partial charge >= 0.3 is 12.2 Å². The average Bonchev–Trinajstić information content (AvgIpc) is 2.28. The standard InChI is InChI=1S/C15H27FN2O4/c1-14(2,3)21-12(19)17-9-7-8-11(10-16)18-13(20)22-15(4,5)6/h7-8,11H,9-10H2,1-6H3,(H,17,19)(H,18,20)/b8-7+. The molecule has 0 fully saturated rings. The van der Waals surface area contributed by atoms with Crippen LogP contribution < -0.4 is 10.6 Å². The quantitative estimate of drug-likeness (QED) is 0.764. The Kier molecular flexibility index (Phi) is 7.90. The smallest absolute Gasteiger partial charge is 0.408 e. The van der Waals surface area contributed by atoms with Gasteiger partial charge in [0.25, 0.3) is 0 Å². The van der Waals surface area contributed by atoms with Crippen LogP contribution in [0.2, 0.25) is 0 Å². The number of ether oxygens (including phenoxy) is 2. The first-order valence-electron chi connectivity index (χ1n) is 7.12. The molecule has 0 saturated carbocycles. The molecule has 0 heterocycles. The van der Waals surface area contributed by atoms with Gasteiger partial charge in [0.15, 0.2) is 0 Å². The maximum Gasteiger partial charge on any atom is 0.408 e. The van der Waals surface area contributed by atoms with Gasteiger partial charge < -0.3 is 20.1 Å². The Hall–Kier alpha value is -1.79. The minimum Gasteiger partial charge on any atom is -0.444 e. The van der Waals surface area contributed by atoms with Crippen LogP contribution in [0, 0.1) is 0 Å². The molecule has 0 aromatic rings. The van der Waals surface area contributed by atoms with Crippen molar-refractivity contribution in [1.82, 2.24) is 10.6 Å². The molecule has 7 heteroatoms. The Labute approximate surface area is 131 Å². The number of alkyl carbamates (subject to hydrolysis) is 2. The molecule has 1 unspecified atom stereocenters. The van der Waals surface area contributed by atoms with E-state index in [2.05, 4.69) is 10.6 Å². The Balaban J connectivity index is 4.17. The topological polar surface area (TPSA) is 76.7 Å². The molecular formula is C15H27FN2O4. The lowest BCUT2D eigenvalue weighted by atomic mass is 10.2. The minimum absolute atomic E-state index is 0.168. The van der Waals surface area contributed by atoms with Crippen molar-refractivity contribution < 1.29 is 23.5 Å². The number of halogens is 1. The predicted molar refractivity (Wildman–Crippen MR) is 82.5 cm³/mol. The predicted octanol–water partition coefficient (Wildman–Crippen LogP) is 2.93. The first-order valence-corrected chi connectivity index (χ1v) is 7.12. The number of amides is 2. The third-order valence-corrected chi connectivity index (χ3v) is 2.00. The fraction of sp³-hybridized carbons (Fsp3) is 0.733. The highest BCUT2D eigenvalue weighted by molar-refractivity contribution is 5.68. The highest BCUT2D eigenvalue weighted by Crippen LogP contribution is 2.07. The van der Waals surface area contributed by atoms with E-state index >= 15 is 0 Å². The molecule has 22 heavy (non-hydrogen) atoms. The maximum atomic E-state index is 12.8. The molecule has 0 aliphatic rings. The highest BCUT2D eigenvalue weighted by Gasteiger charge is 2.18. The van der Waals surface area contributed by atoms with Crippen LogP contribution in [0.15, 0.2) is 12.2 Å². The summed E-state index contributed by atoms with van der Waals surface area (Å²) < 4.78 is 22.9. The van der Waals surface area contributed by atoms with Gasteiger partial charge in [-0.25, -0.2) is 14.0 Å². The second-order valence-corrected chi connectivity index (χ2v) is 6.72. The lowest BCUT2D eigenvalue weighted by molar-refractivity contribution is 0.0502. The van der Waals surface area contributed by atoms with Gasteiger partial charge in [0.1, 0.15) is 17.9 Å². The molecule has 0 spiro atoms. The van der Waals surface area contributed by atoms with Crippen LogP contribution in [0.25, 0.3) is 0 Å². The molecule has 0 bridgehead atoms. The van der Waals surface area contributed by atoms with Gasteiger partial charge in [-0.1, -0.05) is 12.2 Å². The molecule has 0 radical (unpaired) electrons. The molecule has 6 nitrogen and oxygen atoms in total. The number of carbonyl (C=O) groups excluding carboxylic acids is 2. The van der Waals surface area contributed by atoms with Crippen molar-refractivity contribution in [3.8, 4) is 0 Å². The Morgan fingerprint density at radius 1 is 1.05 bits per heavy atom. The van der Waals surface area contributed by atoms with Crippen LogP contribution in [0.4, 0.5) is 14.0 Å². The maximum absolute atomic E-state index is 12.8. The summed E-state index contributed by atoms with van der Waals surface area (Å²) in [6, 6.07) is -0.810. The van der Waals surface area contributed by atoms with Gasteiger partial charge in [0.2, 0.25) is 0 Å². The summed E-state index contributed by atoms with van der Waals surface area (Å²) >= 11 is 0. The van der Waals surface area contributed by atoms with Crippen molar-refractivity contribution in [2.75, 3.05) is 13.2 Å². The van der Waals surface area contributed by atoms with E-state index in [1.807, 2.05) is 0 Å². The van der Waals surface area contributed by atoms with Crippen LogP contribution in [0.1, 0.15) is 41.5 Å². The third-order valence-electron chi connectivity index (χ3n) is 2.00. The lowest BCUT2D eigenvalue weighted by Gasteiger charge is -2.21. The third kappa shape index (κ3) is 12.0. The van der Waals surface area contributed by atoms with E-state index in [1.54, 1.807) is 41.5 Å².